The number of hydrogen-bond acceptors (Lipinski definition) is 7. The van der Waals surface area contributed by atoms with E-state index in [0.717, 1.165) is 23.1 Å². The zero-order chi connectivity index (χ0) is 20.5. The third kappa shape index (κ3) is 3.41. The molecular weight excluding hydrogens is 382 g/mol. The minimum absolute atomic E-state index is 0.0818. The highest BCUT2D eigenvalue weighted by molar-refractivity contribution is 5.89. The fraction of sp³-hybridized carbons (Fsp3) is 0.190. The molecule has 9 heteroatoms. The molecule has 4 aromatic rings. The fourth-order valence-electron chi connectivity index (χ4n) is 3.55. The van der Waals surface area contributed by atoms with Crippen molar-refractivity contribution in [2.75, 3.05) is 18.4 Å². The van der Waals surface area contributed by atoms with Crippen LogP contribution >= 0.6 is 0 Å². The molecule has 1 fully saturated rings. The Kier molecular flexibility index (Phi) is 4.47. The summed E-state index contributed by atoms with van der Waals surface area (Å²) in [6.07, 6.45) is 5.12. The first-order chi connectivity index (χ1) is 14.7. The van der Waals surface area contributed by atoms with Gasteiger partial charge in [-0.1, -0.05) is 6.58 Å². The van der Waals surface area contributed by atoms with Crippen LogP contribution in [-0.4, -0.2) is 54.9 Å². The SMILES string of the molecule is C=CC(=O)N1CC[C@H](Oc2ccc3ncnc(Nc4ccc5nc[nH]c5c4)c3n2)C1. The Morgan fingerprint density at radius 3 is 3.03 bits per heavy atom. The molecule has 2 N–H and O–H groups in total. The summed E-state index contributed by atoms with van der Waals surface area (Å²) in [5.74, 6) is 0.975. The number of amides is 1. The van der Waals surface area contributed by atoms with E-state index in [1.54, 1.807) is 17.3 Å². The lowest BCUT2D eigenvalue weighted by molar-refractivity contribution is -0.125. The maximum absolute atomic E-state index is 11.8. The highest BCUT2D eigenvalue weighted by Gasteiger charge is 2.26. The van der Waals surface area contributed by atoms with E-state index in [1.165, 1.54) is 12.4 Å². The van der Waals surface area contributed by atoms with Crippen LogP contribution in [0.25, 0.3) is 22.1 Å². The summed E-state index contributed by atoms with van der Waals surface area (Å²) >= 11 is 0. The average molecular weight is 401 g/mol. The Morgan fingerprint density at radius 2 is 2.13 bits per heavy atom. The Balaban J connectivity index is 1.39. The summed E-state index contributed by atoms with van der Waals surface area (Å²) < 4.78 is 6.02. The molecule has 1 saturated heterocycles. The van der Waals surface area contributed by atoms with Crippen LogP contribution in [0, 0.1) is 0 Å². The van der Waals surface area contributed by atoms with Gasteiger partial charge < -0.3 is 19.9 Å². The quantitative estimate of drug-likeness (QED) is 0.495. The number of anilines is 2. The van der Waals surface area contributed by atoms with Crippen LogP contribution < -0.4 is 10.1 Å². The zero-order valence-corrected chi connectivity index (χ0v) is 16.1. The van der Waals surface area contributed by atoms with E-state index in [1.807, 2.05) is 24.3 Å². The number of rotatable bonds is 5. The number of nitrogens with zero attached hydrogens (tertiary/aromatic N) is 5. The van der Waals surface area contributed by atoms with Crippen molar-refractivity contribution in [1.82, 2.24) is 29.8 Å². The Hall–Kier alpha value is -4.01. The van der Waals surface area contributed by atoms with E-state index in [-0.39, 0.29) is 12.0 Å². The number of nitrogens with one attached hydrogen (secondary N) is 2. The van der Waals surface area contributed by atoms with Gasteiger partial charge in [0, 0.05) is 24.7 Å². The molecule has 0 aliphatic carbocycles. The Bertz CT molecular complexity index is 1250. The van der Waals surface area contributed by atoms with Crippen molar-refractivity contribution < 1.29 is 9.53 Å². The van der Waals surface area contributed by atoms with Crippen LogP contribution in [0.3, 0.4) is 0 Å². The highest BCUT2D eigenvalue weighted by atomic mass is 16.5. The first-order valence-corrected chi connectivity index (χ1v) is 9.59. The molecule has 0 radical (unpaired) electrons. The molecule has 9 nitrogen and oxygen atoms in total. The van der Waals surface area contributed by atoms with Crippen LogP contribution in [0.4, 0.5) is 11.5 Å². The van der Waals surface area contributed by atoms with Crippen molar-refractivity contribution in [2.24, 2.45) is 0 Å². The molecule has 4 heterocycles. The summed E-state index contributed by atoms with van der Waals surface area (Å²) in [5.41, 5.74) is 3.99. The molecule has 0 bridgehead atoms. The molecule has 0 saturated carbocycles. The van der Waals surface area contributed by atoms with E-state index in [9.17, 15) is 4.79 Å². The molecule has 1 atom stereocenters. The van der Waals surface area contributed by atoms with E-state index >= 15 is 0 Å². The maximum atomic E-state index is 11.8. The van der Waals surface area contributed by atoms with E-state index in [0.29, 0.717) is 35.8 Å². The minimum atomic E-state index is -0.109. The number of carbonyl (C=O) groups is 1. The molecule has 150 valence electrons. The molecule has 1 amide bonds. The predicted molar refractivity (Wildman–Crippen MR) is 113 cm³/mol. The molecular formula is C21H19N7O2. The molecule has 30 heavy (non-hydrogen) atoms. The summed E-state index contributed by atoms with van der Waals surface area (Å²) in [5, 5.41) is 3.30. The predicted octanol–water partition coefficient (Wildman–Crippen LogP) is 2.81. The number of pyridine rings is 1. The van der Waals surface area contributed by atoms with Crippen LogP contribution in [0.2, 0.25) is 0 Å². The monoisotopic (exact) mass is 401 g/mol. The third-order valence-electron chi connectivity index (χ3n) is 5.06. The Morgan fingerprint density at radius 1 is 1.23 bits per heavy atom. The number of H-pyrrole nitrogens is 1. The molecule has 0 unspecified atom stereocenters. The third-order valence-corrected chi connectivity index (χ3v) is 5.06. The summed E-state index contributed by atoms with van der Waals surface area (Å²) in [6.45, 7) is 4.70. The standard InChI is InChI=1S/C21H19N7O2/c1-2-19(29)28-8-7-14(10-28)30-18-6-5-16-20(27-18)21(25-12-23-16)26-13-3-4-15-17(9-13)24-11-22-15/h2-6,9,11-12,14H,1,7-8,10H2,(H,22,24)(H,23,25,26)/t14-/m0/s1. The number of ether oxygens (including phenoxy) is 1. The summed E-state index contributed by atoms with van der Waals surface area (Å²) in [7, 11) is 0. The fourth-order valence-corrected chi connectivity index (χ4v) is 3.55. The highest BCUT2D eigenvalue weighted by Crippen LogP contribution is 2.26. The molecule has 1 aliphatic heterocycles. The molecule has 1 aromatic carbocycles. The van der Waals surface area contributed by atoms with Crippen LogP contribution in [0.5, 0.6) is 5.88 Å². The first-order valence-electron chi connectivity index (χ1n) is 9.59. The van der Waals surface area contributed by atoms with Gasteiger partial charge in [-0.3, -0.25) is 4.79 Å². The largest absolute Gasteiger partial charge is 0.472 e. The van der Waals surface area contributed by atoms with Gasteiger partial charge in [-0.15, -0.1) is 0 Å². The van der Waals surface area contributed by atoms with Gasteiger partial charge in [-0.2, -0.15) is 0 Å². The normalized spacial score (nSPS) is 16.1. The maximum Gasteiger partial charge on any atom is 0.246 e. The number of aromatic nitrogens is 5. The van der Waals surface area contributed by atoms with E-state index in [2.05, 4.69) is 36.8 Å². The van der Waals surface area contributed by atoms with Crippen molar-refractivity contribution in [3.8, 4) is 5.88 Å². The molecule has 0 spiro atoms. The second-order valence-corrected chi connectivity index (χ2v) is 7.02. The van der Waals surface area contributed by atoms with Crippen LogP contribution in [0.15, 0.2) is 55.6 Å². The van der Waals surface area contributed by atoms with Gasteiger partial charge in [-0.05, 0) is 30.3 Å². The summed E-state index contributed by atoms with van der Waals surface area (Å²) in [4.78, 5) is 34.1. The van der Waals surface area contributed by atoms with Crippen molar-refractivity contribution >= 4 is 39.5 Å². The van der Waals surface area contributed by atoms with Crippen molar-refractivity contribution in [1.29, 1.82) is 0 Å². The van der Waals surface area contributed by atoms with Gasteiger partial charge in [0.2, 0.25) is 11.8 Å². The second kappa shape index (κ2) is 7.43. The zero-order valence-electron chi connectivity index (χ0n) is 16.1. The van der Waals surface area contributed by atoms with Gasteiger partial charge in [-0.25, -0.2) is 19.9 Å². The number of aromatic amines is 1. The number of benzene rings is 1. The topological polar surface area (TPSA) is 109 Å². The van der Waals surface area contributed by atoms with Crippen molar-refractivity contribution in [3.63, 3.8) is 0 Å². The number of hydrogen-bond donors (Lipinski definition) is 2. The van der Waals surface area contributed by atoms with Crippen molar-refractivity contribution in [2.45, 2.75) is 12.5 Å². The van der Waals surface area contributed by atoms with Gasteiger partial charge in [0.1, 0.15) is 17.9 Å². The Labute approximate surface area is 171 Å². The first kappa shape index (κ1) is 18.0. The van der Waals surface area contributed by atoms with Gasteiger partial charge in [0.05, 0.1) is 29.4 Å². The summed E-state index contributed by atoms with van der Waals surface area (Å²) in [6, 6.07) is 9.45. The smallest absolute Gasteiger partial charge is 0.246 e. The molecule has 5 rings (SSSR count). The molecule has 3 aromatic heterocycles. The number of likely N-dealkylation sites (tertiary alicyclic amines) is 1. The second-order valence-electron chi connectivity index (χ2n) is 7.02. The lowest BCUT2D eigenvalue weighted by Crippen LogP contribution is -2.29. The lowest BCUT2D eigenvalue weighted by atomic mass is 10.2. The van der Waals surface area contributed by atoms with E-state index < -0.39 is 0 Å². The van der Waals surface area contributed by atoms with Crippen molar-refractivity contribution in [3.05, 3.63) is 55.6 Å². The average Bonchev–Trinajstić information content (AvgIpc) is 3.43. The lowest BCUT2D eigenvalue weighted by Gasteiger charge is -2.15. The number of imidazole rings is 1. The van der Waals surface area contributed by atoms with Crippen LogP contribution in [0.1, 0.15) is 6.42 Å². The number of carbonyl (C=O) groups excluding carboxylic acids is 1. The van der Waals surface area contributed by atoms with E-state index in [4.69, 9.17) is 4.74 Å². The molecule has 1 aliphatic rings. The van der Waals surface area contributed by atoms with Gasteiger partial charge >= 0.3 is 0 Å². The van der Waals surface area contributed by atoms with Gasteiger partial charge in [0.25, 0.3) is 0 Å². The van der Waals surface area contributed by atoms with Gasteiger partial charge in [0.15, 0.2) is 5.82 Å². The van der Waals surface area contributed by atoms with Crippen LogP contribution in [-0.2, 0) is 4.79 Å². The minimum Gasteiger partial charge on any atom is -0.472 e. The number of fused-ring (bicyclic) bond motifs is 2.